The Kier molecular flexibility index (Phi) is 13.1. The number of H-pyrrole nitrogens is 1. The molecule has 9 rings (SSSR count). The molecule has 3 atom stereocenters. The van der Waals surface area contributed by atoms with Crippen LogP contribution in [0.15, 0.2) is 108 Å². The zero-order chi connectivity index (χ0) is 42.5. The molecule has 320 valence electrons. The van der Waals surface area contributed by atoms with Gasteiger partial charge in [-0.1, -0.05) is 72.8 Å². The third-order valence-corrected chi connectivity index (χ3v) is 13.6. The van der Waals surface area contributed by atoms with Crippen LogP contribution >= 0.6 is 0 Å². The molecule has 4 aliphatic rings. The van der Waals surface area contributed by atoms with E-state index in [9.17, 15) is 33.4 Å². The van der Waals surface area contributed by atoms with Crippen molar-refractivity contribution < 1.29 is 33.3 Å². The maximum Gasteiger partial charge on any atom is 0.317 e. The molecule has 13 nitrogen and oxygen atoms in total. The molecule has 4 saturated heterocycles. The van der Waals surface area contributed by atoms with Gasteiger partial charge in [-0.15, -0.1) is 0 Å². The van der Waals surface area contributed by atoms with Gasteiger partial charge < -0.3 is 34.7 Å². The normalized spacial score (nSPS) is 20.7. The minimum Gasteiger partial charge on any atom is -0.760 e. The lowest BCUT2D eigenvalue weighted by Gasteiger charge is -2.46. The van der Waals surface area contributed by atoms with Crippen molar-refractivity contribution in [2.24, 2.45) is 5.92 Å². The van der Waals surface area contributed by atoms with Crippen molar-refractivity contribution in [1.82, 2.24) is 24.4 Å². The summed E-state index contributed by atoms with van der Waals surface area (Å²) in [6, 6.07) is 30.7. The Morgan fingerprint density at radius 3 is 2.26 bits per heavy atom. The maximum absolute atomic E-state index is 14.0. The molecule has 4 fully saturated rings. The number of aromatic amines is 1. The SMILES string of the molecule is O=C(c1ccc(CN(CCc2ccc(CNC[C@H](O)c3ccc(O)c4[nH]c(=O)ccc34)cc2)S(=O)[O-])cc1)N1CCC(C(=O)O[C@H]2CN3CCC2CC3)(c2ccccc2)CC1. The van der Waals surface area contributed by atoms with Gasteiger partial charge >= 0.3 is 5.97 Å². The van der Waals surface area contributed by atoms with Crippen LogP contribution in [0.5, 0.6) is 5.75 Å². The van der Waals surface area contributed by atoms with E-state index in [0.29, 0.717) is 61.3 Å². The Hall–Kier alpha value is -5.22. The van der Waals surface area contributed by atoms with E-state index in [4.69, 9.17) is 4.74 Å². The highest BCUT2D eigenvalue weighted by Gasteiger charge is 2.47. The van der Waals surface area contributed by atoms with Gasteiger partial charge in [0.1, 0.15) is 11.9 Å². The standard InChI is InChI=1S/C47H53N5O8S/c53-40-16-14-38(39-15-17-43(55)49-44(39)40)41(54)29-48-28-33-8-6-32(7-9-33)18-25-52(61(58)59)30-34-10-12-36(13-11-34)45(56)51-26-21-47(22-27-51,37-4-2-1-3-5-37)46(57)60-42-31-50-23-19-35(42)20-24-50/h1-17,35,41-42,48,53-54H,18-31H2,(H,49,55)(H,58,59)/p-1/t41-,42-/m0/s1. The zero-order valence-corrected chi connectivity index (χ0v) is 34.9. The fraction of sp³-hybridized carbons (Fsp3) is 0.383. The number of benzene rings is 4. The van der Waals surface area contributed by atoms with Gasteiger partial charge in [-0.2, -0.15) is 0 Å². The summed E-state index contributed by atoms with van der Waals surface area (Å²) in [6.07, 6.45) is 2.60. The molecule has 4 N–H and O–H groups in total. The number of fused-ring (bicyclic) bond motifs is 4. The molecule has 0 aliphatic carbocycles. The number of piperidine rings is 4. The Morgan fingerprint density at radius 2 is 1.59 bits per heavy atom. The van der Waals surface area contributed by atoms with Crippen LogP contribution in [-0.2, 0) is 45.7 Å². The first kappa shape index (κ1) is 42.5. The minimum absolute atomic E-state index is 0.0646. The number of aromatic hydroxyl groups is 1. The average Bonchev–Trinajstić information content (AvgIpc) is 3.29. The van der Waals surface area contributed by atoms with Gasteiger partial charge in [0, 0.05) is 74.1 Å². The van der Waals surface area contributed by atoms with Crippen LogP contribution in [-0.4, -0.2) is 102 Å². The number of nitrogens with one attached hydrogen (secondary N) is 2. The number of pyridine rings is 1. The van der Waals surface area contributed by atoms with Crippen LogP contribution in [0.1, 0.15) is 70.0 Å². The predicted octanol–water partition coefficient (Wildman–Crippen LogP) is 4.71. The molecule has 0 saturated carbocycles. The fourth-order valence-corrected chi connectivity index (χ4v) is 9.68. The van der Waals surface area contributed by atoms with Crippen molar-refractivity contribution in [2.75, 3.05) is 45.8 Å². The third kappa shape index (κ3) is 9.65. The first-order valence-corrected chi connectivity index (χ1v) is 22.1. The molecular formula is C47H52N5O8S-. The number of aliphatic hydroxyl groups excluding tert-OH is 1. The summed E-state index contributed by atoms with van der Waals surface area (Å²) in [5.74, 6) is 0.0374. The number of phenols is 1. The maximum atomic E-state index is 14.0. The Labute approximate surface area is 357 Å². The lowest BCUT2D eigenvalue weighted by Crippen LogP contribution is -2.55. The molecule has 0 radical (unpaired) electrons. The first-order valence-electron chi connectivity index (χ1n) is 21.1. The fourth-order valence-electron chi connectivity index (χ4n) is 9.19. The van der Waals surface area contributed by atoms with E-state index in [1.54, 1.807) is 41.3 Å². The lowest BCUT2D eigenvalue weighted by atomic mass is 9.72. The van der Waals surface area contributed by atoms with Gasteiger partial charge in [0.25, 0.3) is 5.91 Å². The number of hydrogen-bond donors (Lipinski definition) is 4. The Morgan fingerprint density at radius 1 is 0.902 bits per heavy atom. The molecule has 5 aromatic rings. The van der Waals surface area contributed by atoms with E-state index in [1.165, 1.54) is 16.4 Å². The van der Waals surface area contributed by atoms with Gasteiger partial charge in [-0.05, 0) is 103 Å². The molecule has 4 aromatic carbocycles. The summed E-state index contributed by atoms with van der Waals surface area (Å²) >= 11 is -2.46. The van der Waals surface area contributed by atoms with Gasteiger partial charge in [-0.25, -0.2) is 4.31 Å². The topological polar surface area (TPSA) is 179 Å². The van der Waals surface area contributed by atoms with E-state index in [1.807, 2.05) is 54.6 Å². The number of nitrogens with zero attached hydrogens (tertiary/aromatic N) is 3. The number of hydrogen-bond acceptors (Lipinski definition) is 10. The second kappa shape index (κ2) is 18.8. The number of ether oxygens (including phenoxy) is 1. The number of likely N-dealkylation sites (tertiary alicyclic amines) is 1. The predicted molar refractivity (Wildman–Crippen MR) is 231 cm³/mol. The average molecular weight is 847 g/mol. The Bertz CT molecular complexity index is 2390. The van der Waals surface area contributed by atoms with Crippen molar-refractivity contribution in [2.45, 2.75) is 62.8 Å². The minimum atomic E-state index is -2.46. The number of aromatic nitrogens is 1. The molecule has 1 unspecified atom stereocenters. The molecule has 0 spiro atoms. The number of amides is 1. The molecule has 1 amide bonds. The second-order valence-electron chi connectivity index (χ2n) is 16.6. The summed E-state index contributed by atoms with van der Waals surface area (Å²) in [7, 11) is 0. The quantitative estimate of drug-likeness (QED) is 0.0853. The number of carbonyl (C=O) groups excluding carboxylic acids is 2. The van der Waals surface area contributed by atoms with Gasteiger partial charge in [0.15, 0.2) is 0 Å². The van der Waals surface area contributed by atoms with Crippen molar-refractivity contribution in [3.8, 4) is 5.75 Å². The number of rotatable bonds is 15. The van der Waals surface area contributed by atoms with Crippen LogP contribution < -0.4 is 10.9 Å². The number of phenolic OH excluding ortho intramolecular Hbond substituents is 1. The monoisotopic (exact) mass is 846 g/mol. The molecule has 61 heavy (non-hydrogen) atoms. The van der Waals surface area contributed by atoms with Crippen molar-refractivity contribution in [3.63, 3.8) is 0 Å². The van der Waals surface area contributed by atoms with Crippen LogP contribution in [0.2, 0.25) is 0 Å². The van der Waals surface area contributed by atoms with Gasteiger partial charge in [-0.3, -0.25) is 23.5 Å². The van der Waals surface area contributed by atoms with Crippen LogP contribution in [0.3, 0.4) is 0 Å². The molecule has 2 bridgehead atoms. The third-order valence-electron chi connectivity index (χ3n) is 12.9. The van der Waals surface area contributed by atoms with Crippen LogP contribution in [0.4, 0.5) is 0 Å². The molecule has 5 heterocycles. The molecule has 4 aliphatic heterocycles. The summed E-state index contributed by atoms with van der Waals surface area (Å²) in [5.41, 5.74) is 3.86. The smallest absolute Gasteiger partial charge is 0.317 e. The van der Waals surface area contributed by atoms with Crippen molar-refractivity contribution in [1.29, 1.82) is 0 Å². The largest absolute Gasteiger partial charge is 0.760 e. The Balaban J connectivity index is 0.815. The van der Waals surface area contributed by atoms with Crippen molar-refractivity contribution >= 4 is 34.0 Å². The second-order valence-corrected chi connectivity index (χ2v) is 17.5. The molecular weight excluding hydrogens is 795 g/mol. The number of carbonyl (C=O) groups is 2. The summed E-state index contributed by atoms with van der Waals surface area (Å²) in [4.78, 5) is 46.3. The lowest BCUT2D eigenvalue weighted by molar-refractivity contribution is -0.167. The van der Waals surface area contributed by atoms with E-state index >= 15 is 0 Å². The van der Waals surface area contributed by atoms with E-state index < -0.39 is 22.8 Å². The van der Waals surface area contributed by atoms with E-state index in [2.05, 4.69) is 15.2 Å². The first-order chi connectivity index (χ1) is 29.6. The van der Waals surface area contributed by atoms with Crippen LogP contribution in [0.25, 0.3) is 10.9 Å². The zero-order valence-electron chi connectivity index (χ0n) is 34.0. The highest BCUT2D eigenvalue weighted by Crippen LogP contribution is 2.39. The number of aliphatic hydroxyl groups is 1. The summed E-state index contributed by atoms with van der Waals surface area (Å²) in [6.45, 7) is 4.92. The highest BCUT2D eigenvalue weighted by molar-refractivity contribution is 7.76. The number of esters is 1. The van der Waals surface area contributed by atoms with E-state index in [-0.39, 0.29) is 54.4 Å². The van der Waals surface area contributed by atoms with Gasteiger partial charge in [0.05, 0.1) is 17.0 Å². The molecule has 1 aromatic heterocycles. The molecule has 14 heteroatoms. The van der Waals surface area contributed by atoms with Gasteiger partial charge in [0.2, 0.25) is 5.56 Å². The highest BCUT2D eigenvalue weighted by atomic mass is 32.2. The van der Waals surface area contributed by atoms with E-state index in [0.717, 1.165) is 54.7 Å². The summed E-state index contributed by atoms with van der Waals surface area (Å²) in [5, 5.41) is 24.8. The summed E-state index contributed by atoms with van der Waals surface area (Å²) < 4.78 is 32.2. The van der Waals surface area contributed by atoms with Crippen molar-refractivity contribution in [3.05, 3.63) is 147 Å². The van der Waals surface area contributed by atoms with Crippen LogP contribution in [0, 0.1) is 5.92 Å².